The van der Waals surface area contributed by atoms with E-state index in [1.807, 2.05) is 7.05 Å². The fourth-order valence-corrected chi connectivity index (χ4v) is 1.26. The highest BCUT2D eigenvalue weighted by atomic mass is 16.1. The maximum Gasteiger partial charge on any atom is 0.221 e. The first kappa shape index (κ1) is 12.5. The van der Waals surface area contributed by atoms with E-state index in [1.54, 1.807) is 0 Å². The number of likely N-dealkylation sites (N-methyl/N-ethyl adjacent to an activating group) is 1. The van der Waals surface area contributed by atoms with Crippen LogP contribution in [0.25, 0.3) is 0 Å². The van der Waals surface area contributed by atoms with Gasteiger partial charge in [-0.05, 0) is 33.7 Å². The molecule has 0 heterocycles. The van der Waals surface area contributed by atoms with Crippen LogP contribution in [0.3, 0.4) is 0 Å². The lowest BCUT2D eigenvalue weighted by atomic mass is 10.0. The van der Waals surface area contributed by atoms with Crippen LogP contribution in [0.1, 0.15) is 33.1 Å². The van der Waals surface area contributed by atoms with Crippen LogP contribution in [0.15, 0.2) is 0 Å². The summed E-state index contributed by atoms with van der Waals surface area (Å²) in [5.41, 5.74) is 5.63. The van der Waals surface area contributed by atoms with Gasteiger partial charge >= 0.3 is 0 Å². The van der Waals surface area contributed by atoms with E-state index in [9.17, 15) is 4.79 Å². The van der Waals surface area contributed by atoms with E-state index in [0.717, 1.165) is 19.4 Å². The summed E-state index contributed by atoms with van der Waals surface area (Å²) in [7, 11) is 2.01. The van der Waals surface area contributed by atoms with E-state index in [-0.39, 0.29) is 11.4 Å². The van der Waals surface area contributed by atoms with Gasteiger partial charge in [0.05, 0.1) is 0 Å². The lowest BCUT2D eigenvalue weighted by Crippen LogP contribution is -2.48. The molecule has 0 unspecified atom stereocenters. The van der Waals surface area contributed by atoms with Gasteiger partial charge in [-0.2, -0.15) is 0 Å². The van der Waals surface area contributed by atoms with Gasteiger partial charge in [-0.15, -0.1) is 0 Å². The Labute approximate surface area is 92.2 Å². The van der Waals surface area contributed by atoms with Crippen LogP contribution in [0.2, 0.25) is 0 Å². The summed E-state index contributed by atoms with van der Waals surface area (Å²) in [6.07, 6.45) is 2.86. The predicted molar refractivity (Wildman–Crippen MR) is 61.5 cm³/mol. The SMILES string of the molecule is CN(CCC(=O)NC1CC1)C(C)(C)CN. The first-order valence-corrected chi connectivity index (χ1v) is 5.66. The minimum absolute atomic E-state index is 0.0279. The number of carbonyl (C=O) groups excluding carboxylic acids is 1. The Balaban J connectivity index is 2.20. The molecule has 0 aromatic heterocycles. The Morgan fingerprint density at radius 3 is 2.60 bits per heavy atom. The van der Waals surface area contributed by atoms with Crippen molar-refractivity contribution in [1.29, 1.82) is 0 Å². The first-order valence-electron chi connectivity index (χ1n) is 5.66. The highest BCUT2D eigenvalue weighted by Crippen LogP contribution is 2.18. The molecule has 0 radical (unpaired) electrons. The molecular formula is C11H23N3O. The monoisotopic (exact) mass is 213 g/mol. The van der Waals surface area contributed by atoms with Gasteiger partial charge in [0.1, 0.15) is 0 Å². The van der Waals surface area contributed by atoms with E-state index in [4.69, 9.17) is 5.73 Å². The number of nitrogens with zero attached hydrogens (tertiary/aromatic N) is 1. The van der Waals surface area contributed by atoms with Crippen molar-refractivity contribution in [3.63, 3.8) is 0 Å². The molecule has 1 aliphatic carbocycles. The summed E-state index contributed by atoms with van der Waals surface area (Å²) in [6, 6.07) is 0.463. The average molecular weight is 213 g/mol. The second-order valence-corrected chi connectivity index (χ2v) is 5.03. The molecule has 0 atom stereocenters. The van der Waals surface area contributed by atoms with Crippen molar-refractivity contribution in [2.75, 3.05) is 20.1 Å². The quantitative estimate of drug-likeness (QED) is 0.668. The van der Waals surface area contributed by atoms with E-state index in [1.165, 1.54) is 0 Å². The summed E-state index contributed by atoms with van der Waals surface area (Å²) in [5.74, 6) is 0.164. The van der Waals surface area contributed by atoms with Crippen LogP contribution in [-0.2, 0) is 4.79 Å². The Morgan fingerprint density at radius 1 is 1.53 bits per heavy atom. The van der Waals surface area contributed by atoms with E-state index < -0.39 is 0 Å². The second-order valence-electron chi connectivity index (χ2n) is 5.03. The third-order valence-electron chi connectivity index (χ3n) is 3.15. The van der Waals surface area contributed by atoms with E-state index in [2.05, 4.69) is 24.1 Å². The molecule has 4 nitrogen and oxygen atoms in total. The van der Waals surface area contributed by atoms with Crippen LogP contribution in [-0.4, -0.2) is 42.5 Å². The zero-order valence-corrected chi connectivity index (χ0v) is 10.0. The minimum atomic E-state index is -0.0279. The fraction of sp³-hybridized carbons (Fsp3) is 0.909. The number of carbonyl (C=O) groups is 1. The predicted octanol–water partition coefficient (Wildman–Crippen LogP) is 0.324. The number of nitrogens with one attached hydrogen (secondary N) is 1. The zero-order chi connectivity index (χ0) is 11.5. The Hall–Kier alpha value is -0.610. The number of hydrogen-bond acceptors (Lipinski definition) is 3. The fourth-order valence-electron chi connectivity index (χ4n) is 1.26. The normalized spacial score (nSPS) is 16.9. The summed E-state index contributed by atoms with van der Waals surface area (Å²) in [5, 5.41) is 2.98. The molecule has 1 amide bonds. The van der Waals surface area contributed by atoms with Gasteiger partial charge in [-0.1, -0.05) is 0 Å². The molecule has 4 heteroatoms. The van der Waals surface area contributed by atoms with Crippen LogP contribution in [0, 0.1) is 0 Å². The van der Waals surface area contributed by atoms with Gasteiger partial charge < -0.3 is 11.1 Å². The Kier molecular flexibility index (Phi) is 4.11. The van der Waals surface area contributed by atoms with Gasteiger partial charge in [0.25, 0.3) is 0 Å². The van der Waals surface area contributed by atoms with Gasteiger partial charge in [0.15, 0.2) is 0 Å². The number of hydrogen-bond donors (Lipinski definition) is 2. The molecule has 1 rings (SSSR count). The number of rotatable bonds is 6. The highest BCUT2D eigenvalue weighted by molar-refractivity contribution is 5.76. The van der Waals surface area contributed by atoms with Gasteiger partial charge in [-0.3, -0.25) is 9.69 Å². The van der Waals surface area contributed by atoms with Gasteiger partial charge in [0, 0.05) is 31.1 Å². The molecule has 0 saturated heterocycles. The molecule has 3 N–H and O–H groups in total. The molecular weight excluding hydrogens is 190 g/mol. The standard InChI is InChI=1S/C11H23N3O/c1-11(2,8-12)14(3)7-6-10(15)13-9-4-5-9/h9H,4-8,12H2,1-3H3,(H,13,15). The molecule has 1 fully saturated rings. The average Bonchev–Trinajstić information content (AvgIpc) is 2.97. The highest BCUT2D eigenvalue weighted by Gasteiger charge is 2.25. The van der Waals surface area contributed by atoms with Crippen molar-refractivity contribution < 1.29 is 4.79 Å². The summed E-state index contributed by atoms with van der Waals surface area (Å²) in [4.78, 5) is 13.6. The third-order valence-corrected chi connectivity index (χ3v) is 3.15. The van der Waals surface area contributed by atoms with Gasteiger partial charge in [0.2, 0.25) is 5.91 Å². The number of amides is 1. The Bertz CT molecular complexity index is 224. The first-order chi connectivity index (χ1) is 6.95. The summed E-state index contributed by atoms with van der Waals surface area (Å²) in [6.45, 7) is 5.55. The van der Waals surface area contributed by atoms with Crippen molar-refractivity contribution in [2.24, 2.45) is 5.73 Å². The van der Waals surface area contributed by atoms with Gasteiger partial charge in [-0.25, -0.2) is 0 Å². The molecule has 0 aliphatic heterocycles. The van der Waals surface area contributed by atoms with E-state index in [0.29, 0.717) is 19.0 Å². The molecule has 0 aromatic carbocycles. The minimum Gasteiger partial charge on any atom is -0.353 e. The smallest absolute Gasteiger partial charge is 0.221 e. The lowest BCUT2D eigenvalue weighted by Gasteiger charge is -2.34. The molecule has 1 saturated carbocycles. The second kappa shape index (κ2) is 4.94. The molecule has 0 spiro atoms. The Morgan fingerprint density at radius 2 is 2.13 bits per heavy atom. The van der Waals surface area contributed by atoms with Crippen LogP contribution in [0.4, 0.5) is 0 Å². The largest absolute Gasteiger partial charge is 0.353 e. The molecule has 1 aliphatic rings. The van der Waals surface area contributed by atoms with Crippen LogP contribution in [0.5, 0.6) is 0 Å². The van der Waals surface area contributed by atoms with Crippen molar-refractivity contribution >= 4 is 5.91 Å². The summed E-state index contributed by atoms with van der Waals surface area (Å²) < 4.78 is 0. The maximum absolute atomic E-state index is 11.4. The number of nitrogens with two attached hydrogens (primary N) is 1. The van der Waals surface area contributed by atoms with Crippen LogP contribution < -0.4 is 11.1 Å². The summed E-state index contributed by atoms with van der Waals surface area (Å²) >= 11 is 0. The van der Waals surface area contributed by atoms with Crippen molar-refractivity contribution in [2.45, 2.75) is 44.7 Å². The maximum atomic E-state index is 11.4. The van der Waals surface area contributed by atoms with Crippen molar-refractivity contribution in [3.05, 3.63) is 0 Å². The zero-order valence-electron chi connectivity index (χ0n) is 10.0. The molecule has 15 heavy (non-hydrogen) atoms. The van der Waals surface area contributed by atoms with E-state index >= 15 is 0 Å². The van der Waals surface area contributed by atoms with Crippen LogP contribution >= 0.6 is 0 Å². The third kappa shape index (κ3) is 4.18. The molecule has 88 valence electrons. The van der Waals surface area contributed by atoms with Crippen molar-refractivity contribution in [3.8, 4) is 0 Å². The molecule has 0 bridgehead atoms. The lowest BCUT2D eigenvalue weighted by molar-refractivity contribution is -0.121. The van der Waals surface area contributed by atoms with Crippen molar-refractivity contribution in [1.82, 2.24) is 10.2 Å². The molecule has 0 aromatic rings. The topological polar surface area (TPSA) is 58.4 Å².